The van der Waals surface area contributed by atoms with E-state index in [1.807, 2.05) is 0 Å². The molecule has 0 spiro atoms. The monoisotopic (exact) mass is 170 g/mol. The minimum atomic E-state index is -1.05. The van der Waals surface area contributed by atoms with Crippen molar-refractivity contribution < 1.29 is 8.78 Å². The SMILES string of the molecule is Cc1ccc(C(=N)N)c(F)c1F. The molecule has 0 aliphatic heterocycles. The lowest BCUT2D eigenvalue weighted by atomic mass is 10.1. The molecule has 0 fully saturated rings. The van der Waals surface area contributed by atoms with Crippen LogP contribution in [0.2, 0.25) is 0 Å². The number of benzene rings is 1. The van der Waals surface area contributed by atoms with Gasteiger partial charge in [-0.15, -0.1) is 0 Å². The molecular formula is C8H8F2N2. The molecule has 12 heavy (non-hydrogen) atoms. The molecule has 64 valence electrons. The van der Waals surface area contributed by atoms with Crippen molar-refractivity contribution in [2.45, 2.75) is 6.92 Å². The zero-order valence-electron chi connectivity index (χ0n) is 6.49. The van der Waals surface area contributed by atoms with Crippen LogP contribution in [0.15, 0.2) is 12.1 Å². The van der Waals surface area contributed by atoms with Crippen LogP contribution in [0.5, 0.6) is 0 Å². The fraction of sp³-hybridized carbons (Fsp3) is 0.125. The van der Waals surface area contributed by atoms with E-state index in [1.165, 1.54) is 19.1 Å². The zero-order chi connectivity index (χ0) is 9.30. The number of nitrogens with one attached hydrogen (secondary N) is 1. The van der Waals surface area contributed by atoms with Gasteiger partial charge in [-0.25, -0.2) is 8.78 Å². The van der Waals surface area contributed by atoms with E-state index in [0.717, 1.165) is 0 Å². The highest BCUT2D eigenvalue weighted by atomic mass is 19.2. The zero-order valence-corrected chi connectivity index (χ0v) is 6.49. The molecule has 1 aromatic rings. The highest BCUT2D eigenvalue weighted by Crippen LogP contribution is 2.14. The Kier molecular flexibility index (Phi) is 2.08. The highest BCUT2D eigenvalue weighted by molar-refractivity contribution is 5.95. The minimum Gasteiger partial charge on any atom is -0.384 e. The second-order valence-electron chi connectivity index (χ2n) is 2.47. The van der Waals surface area contributed by atoms with Crippen molar-refractivity contribution in [3.8, 4) is 0 Å². The predicted octanol–water partition coefficient (Wildman–Crippen LogP) is 1.56. The van der Waals surface area contributed by atoms with Gasteiger partial charge in [-0.2, -0.15) is 0 Å². The predicted molar refractivity (Wildman–Crippen MR) is 42.1 cm³/mol. The first-order valence-electron chi connectivity index (χ1n) is 3.33. The Bertz CT molecular complexity index is 334. The quantitative estimate of drug-likeness (QED) is 0.487. The van der Waals surface area contributed by atoms with Gasteiger partial charge in [0.1, 0.15) is 5.84 Å². The molecule has 2 nitrogen and oxygen atoms in total. The van der Waals surface area contributed by atoms with Crippen molar-refractivity contribution in [3.05, 3.63) is 34.9 Å². The van der Waals surface area contributed by atoms with E-state index in [1.54, 1.807) is 0 Å². The van der Waals surface area contributed by atoms with Gasteiger partial charge in [0, 0.05) is 0 Å². The number of hydrogen-bond donors (Lipinski definition) is 2. The number of hydrogen-bond acceptors (Lipinski definition) is 1. The van der Waals surface area contributed by atoms with E-state index in [2.05, 4.69) is 0 Å². The molecule has 0 unspecified atom stereocenters. The first kappa shape index (κ1) is 8.64. The molecule has 0 atom stereocenters. The summed E-state index contributed by atoms with van der Waals surface area (Å²) >= 11 is 0. The summed E-state index contributed by atoms with van der Waals surface area (Å²) in [7, 11) is 0. The van der Waals surface area contributed by atoms with Crippen molar-refractivity contribution >= 4 is 5.84 Å². The molecule has 0 aromatic heterocycles. The molecular weight excluding hydrogens is 162 g/mol. The van der Waals surface area contributed by atoms with Crippen LogP contribution >= 0.6 is 0 Å². The van der Waals surface area contributed by atoms with Crippen LogP contribution in [-0.4, -0.2) is 5.84 Å². The summed E-state index contributed by atoms with van der Waals surface area (Å²) in [6, 6.07) is 2.67. The average Bonchev–Trinajstić information content (AvgIpc) is 2.00. The summed E-state index contributed by atoms with van der Waals surface area (Å²) in [5, 5.41) is 6.91. The maximum atomic E-state index is 12.9. The van der Waals surface area contributed by atoms with Crippen molar-refractivity contribution in [1.29, 1.82) is 5.41 Å². The smallest absolute Gasteiger partial charge is 0.169 e. The summed E-state index contributed by atoms with van der Waals surface area (Å²) in [4.78, 5) is 0. The van der Waals surface area contributed by atoms with E-state index in [-0.39, 0.29) is 11.1 Å². The number of aryl methyl sites for hydroxylation is 1. The van der Waals surface area contributed by atoms with Gasteiger partial charge in [-0.1, -0.05) is 6.07 Å². The van der Waals surface area contributed by atoms with E-state index < -0.39 is 17.5 Å². The number of nitrogen functional groups attached to an aromatic ring is 1. The highest BCUT2D eigenvalue weighted by Gasteiger charge is 2.11. The van der Waals surface area contributed by atoms with Gasteiger partial charge in [0.05, 0.1) is 5.56 Å². The molecule has 3 N–H and O–H groups in total. The normalized spacial score (nSPS) is 9.92. The Morgan fingerprint density at radius 3 is 2.42 bits per heavy atom. The van der Waals surface area contributed by atoms with Gasteiger partial charge in [0.25, 0.3) is 0 Å². The third-order valence-corrected chi connectivity index (χ3v) is 1.57. The lowest BCUT2D eigenvalue weighted by molar-refractivity contribution is 0.501. The third-order valence-electron chi connectivity index (χ3n) is 1.57. The Balaban J connectivity index is 3.36. The van der Waals surface area contributed by atoms with Crippen LogP contribution in [0.3, 0.4) is 0 Å². The van der Waals surface area contributed by atoms with Crippen molar-refractivity contribution in [2.24, 2.45) is 5.73 Å². The van der Waals surface area contributed by atoms with Crippen LogP contribution in [-0.2, 0) is 0 Å². The van der Waals surface area contributed by atoms with Crippen molar-refractivity contribution in [3.63, 3.8) is 0 Å². The number of amidine groups is 1. The Morgan fingerprint density at radius 1 is 1.33 bits per heavy atom. The van der Waals surface area contributed by atoms with E-state index in [4.69, 9.17) is 11.1 Å². The molecule has 0 amide bonds. The number of halogens is 2. The lowest BCUT2D eigenvalue weighted by Gasteiger charge is -2.02. The van der Waals surface area contributed by atoms with Gasteiger partial charge >= 0.3 is 0 Å². The van der Waals surface area contributed by atoms with Gasteiger partial charge in [-0.3, -0.25) is 5.41 Å². The topological polar surface area (TPSA) is 49.9 Å². The molecule has 0 heterocycles. The summed E-state index contributed by atoms with van der Waals surface area (Å²) < 4.78 is 25.7. The van der Waals surface area contributed by atoms with Crippen LogP contribution in [0.1, 0.15) is 11.1 Å². The van der Waals surface area contributed by atoms with E-state index in [0.29, 0.717) is 0 Å². The summed E-state index contributed by atoms with van der Waals surface area (Å²) in [5.74, 6) is -2.46. The molecule has 0 radical (unpaired) electrons. The van der Waals surface area contributed by atoms with Crippen LogP contribution < -0.4 is 5.73 Å². The van der Waals surface area contributed by atoms with E-state index in [9.17, 15) is 8.78 Å². The molecule has 4 heteroatoms. The molecule has 0 aliphatic carbocycles. The van der Waals surface area contributed by atoms with E-state index >= 15 is 0 Å². The second-order valence-corrected chi connectivity index (χ2v) is 2.47. The number of nitrogens with two attached hydrogens (primary N) is 1. The maximum absolute atomic E-state index is 12.9. The second kappa shape index (κ2) is 2.89. The summed E-state index contributed by atoms with van der Waals surface area (Å²) in [6.45, 7) is 1.45. The molecule has 0 saturated heterocycles. The summed E-state index contributed by atoms with van der Waals surface area (Å²) in [6.07, 6.45) is 0. The largest absolute Gasteiger partial charge is 0.384 e. The maximum Gasteiger partial charge on any atom is 0.169 e. The fourth-order valence-corrected chi connectivity index (χ4v) is 0.854. The minimum absolute atomic E-state index is 0.196. The molecule has 0 bridgehead atoms. The molecule has 0 saturated carbocycles. The molecule has 0 aliphatic rings. The van der Waals surface area contributed by atoms with Crippen LogP contribution in [0, 0.1) is 24.0 Å². The van der Waals surface area contributed by atoms with Crippen molar-refractivity contribution in [1.82, 2.24) is 0 Å². The van der Waals surface area contributed by atoms with Crippen molar-refractivity contribution in [2.75, 3.05) is 0 Å². The van der Waals surface area contributed by atoms with Crippen LogP contribution in [0.25, 0.3) is 0 Å². The van der Waals surface area contributed by atoms with Gasteiger partial charge in [0.2, 0.25) is 0 Å². The van der Waals surface area contributed by atoms with Crippen LogP contribution in [0.4, 0.5) is 8.78 Å². The average molecular weight is 170 g/mol. The Labute approximate surface area is 68.5 Å². The third kappa shape index (κ3) is 1.28. The molecule has 1 rings (SSSR count). The van der Waals surface area contributed by atoms with Gasteiger partial charge in [-0.05, 0) is 18.6 Å². The fourth-order valence-electron chi connectivity index (χ4n) is 0.854. The van der Waals surface area contributed by atoms with Gasteiger partial charge in [0.15, 0.2) is 11.6 Å². The van der Waals surface area contributed by atoms with Gasteiger partial charge < -0.3 is 5.73 Å². The molecule has 1 aromatic carbocycles. The lowest BCUT2D eigenvalue weighted by Crippen LogP contribution is -2.14. The Hall–Kier alpha value is -1.45. The first-order valence-corrected chi connectivity index (χ1v) is 3.33. The summed E-state index contributed by atoms with van der Waals surface area (Å²) in [5.41, 5.74) is 5.02. The first-order chi connectivity index (χ1) is 5.54. The number of rotatable bonds is 1. The standard InChI is InChI=1S/C8H8F2N2/c1-4-2-3-5(8(11)12)7(10)6(4)9/h2-3H,1H3,(H3,11,12). The Morgan fingerprint density at radius 2 is 1.92 bits per heavy atom.